The molecule has 2 N–H and O–H groups in total. The van der Waals surface area contributed by atoms with Gasteiger partial charge in [0, 0.05) is 31.9 Å². The van der Waals surface area contributed by atoms with Gasteiger partial charge < -0.3 is 15.5 Å². The van der Waals surface area contributed by atoms with Gasteiger partial charge in [0.05, 0.1) is 6.54 Å². The third-order valence-electron chi connectivity index (χ3n) is 4.08. The van der Waals surface area contributed by atoms with Crippen LogP contribution in [0.25, 0.3) is 0 Å². The van der Waals surface area contributed by atoms with E-state index in [0.717, 1.165) is 16.8 Å². The van der Waals surface area contributed by atoms with Crippen LogP contribution in [0.15, 0.2) is 42.5 Å². The average Bonchev–Trinajstić information content (AvgIpc) is 2.56. The Morgan fingerprint density at radius 3 is 2.44 bits per heavy atom. The van der Waals surface area contributed by atoms with Crippen molar-refractivity contribution in [1.82, 2.24) is 4.90 Å². The third-order valence-corrected chi connectivity index (χ3v) is 4.08. The fourth-order valence-electron chi connectivity index (χ4n) is 2.53. The van der Waals surface area contributed by atoms with Gasteiger partial charge in [-0.25, -0.2) is 0 Å². The number of anilines is 2. The highest BCUT2D eigenvalue weighted by atomic mass is 16.2. The summed E-state index contributed by atoms with van der Waals surface area (Å²) in [7, 11) is 1.80. The molecule has 0 spiro atoms. The molecule has 0 fully saturated rings. The van der Waals surface area contributed by atoms with Crippen LogP contribution in [0.5, 0.6) is 0 Å². The number of rotatable bonds is 6. The summed E-state index contributed by atoms with van der Waals surface area (Å²) < 4.78 is 0. The highest BCUT2D eigenvalue weighted by Crippen LogP contribution is 2.20. The minimum Gasteiger partial charge on any atom is -0.376 e. The Labute approximate surface area is 149 Å². The minimum atomic E-state index is -0.121. The van der Waals surface area contributed by atoms with E-state index < -0.39 is 0 Å². The lowest BCUT2D eigenvalue weighted by Crippen LogP contribution is -2.32. The number of aryl methyl sites for hydroxylation is 2. The van der Waals surface area contributed by atoms with E-state index in [1.807, 2.05) is 56.3 Å². The SMILES string of the molecule is CC(=O)Nc1ccc(C)c(NCC(=O)N(C)Cc2ccccc2C)c1. The molecule has 0 aromatic heterocycles. The first-order valence-corrected chi connectivity index (χ1v) is 8.27. The van der Waals surface area contributed by atoms with Crippen LogP contribution in [-0.4, -0.2) is 30.3 Å². The van der Waals surface area contributed by atoms with Crippen LogP contribution in [0.4, 0.5) is 11.4 Å². The van der Waals surface area contributed by atoms with Gasteiger partial charge in [0.25, 0.3) is 0 Å². The van der Waals surface area contributed by atoms with Gasteiger partial charge in [-0.3, -0.25) is 9.59 Å². The summed E-state index contributed by atoms with van der Waals surface area (Å²) in [6.07, 6.45) is 0. The Morgan fingerprint density at radius 2 is 1.76 bits per heavy atom. The van der Waals surface area contributed by atoms with Gasteiger partial charge >= 0.3 is 0 Å². The van der Waals surface area contributed by atoms with E-state index in [1.165, 1.54) is 12.5 Å². The van der Waals surface area contributed by atoms with E-state index in [1.54, 1.807) is 11.9 Å². The van der Waals surface area contributed by atoms with Crippen LogP contribution < -0.4 is 10.6 Å². The van der Waals surface area contributed by atoms with Crippen molar-refractivity contribution < 1.29 is 9.59 Å². The predicted molar refractivity (Wildman–Crippen MR) is 102 cm³/mol. The summed E-state index contributed by atoms with van der Waals surface area (Å²) in [5.74, 6) is -0.114. The van der Waals surface area contributed by atoms with Gasteiger partial charge in [0.2, 0.25) is 11.8 Å². The molecule has 0 atom stereocenters. The Bertz CT molecular complexity index is 771. The van der Waals surface area contributed by atoms with Crippen LogP contribution in [0.2, 0.25) is 0 Å². The van der Waals surface area contributed by atoms with Gasteiger partial charge in [-0.1, -0.05) is 30.3 Å². The van der Waals surface area contributed by atoms with Crippen molar-refractivity contribution in [2.24, 2.45) is 0 Å². The fraction of sp³-hybridized carbons (Fsp3) is 0.300. The molecule has 0 radical (unpaired) electrons. The molecule has 2 amide bonds. The number of carbonyl (C=O) groups excluding carboxylic acids is 2. The number of hydrogen-bond donors (Lipinski definition) is 2. The van der Waals surface area contributed by atoms with Crippen molar-refractivity contribution in [3.8, 4) is 0 Å². The smallest absolute Gasteiger partial charge is 0.241 e. The first kappa shape index (κ1) is 18.5. The van der Waals surface area contributed by atoms with Crippen molar-refractivity contribution in [2.45, 2.75) is 27.3 Å². The summed E-state index contributed by atoms with van der Waals surface area (Å²) in [5.41, 5.74) is 4.88. The standard InChI is InChI=1S/C20H25N3O2/c1-14-7-5-6-8-17(14)13-23(4)20(25)12-21-19-11-18(22-16(3)24)10-9-15(19)2/h5-11,21H,12-13H2,1-4H3,(H,22,24). The molecule has 0 aliphatic heterocycles. The van der Waals surface area contributed by atoms with E-state index in [4.69, 9.17) is 0 Å². The van der Waals surface area contributed by atoms with E-state index in [0.29, 0.717) is 12.2 Å². The number of nitrogens with zero attached hydrogens (tertiary/aromatic N) is 1. The number of benzene rings is 2. The zero-order chi connectivity index (χ0) is 18.4. The van der Waals surface area contributed by atoms with Gasteiger partial charge in [-0.05, 0) is 42.7 Å². The normalized spacial score (nSPS) is 10.2. The number of likely N-dealkylation sites (N-methyl/N-ethyl adjacent to an activating group) is 1. The lowest BCUT2D eigenvalue weighted by Gasteiger charge is -2.20. The molecule has 0 bridgehead atoms. The topological polar surface area (TPSA) is 61.4 Å². The molecule has 132 valence electrons. The maximum atomic E-state index is 12.4. The van der Waals surface area contributed by atoms with Gasteiger partial charge in [0.1, 0.15) is 0 Å². The zero-order valence-electron chi connectivity index (χ0n) is 15.2. The molecular formula is C20H25N3O2. The van der Waals surface area contributed by atoms with Crippen LogP contribution >= 0.6 is 0 Å². The zero-order valence-corrected chi connectivity index (χ0v) is 15.2. The lowest BCUT2D eigenvalue weighted by molar-refractivity contribution is -0.128. The number of carbonyl (C=O) groups is 2. The molecule has 2 aromatic rings. The monoisotopic (exact) mass is 339 g/mol. The van der Waals surface area contributed by atoms with E-state index in [9.17, 15) is 9.59 Å². The summed E-state index contributed by atoms with van der Waals surface area (Å²) in [4.78, 5) is 25.3. The fourth-order valence-corrected chi connectivity index (χ4v) is 2.53. The highest BCUT2D eigenvalue weighted by molar-refractivity contribution is 5.89. The van der Waals surface area contributed by atoms with Crippen LogP contribution in [-0.2, 0) is 16.1 Å². The van der Waals surface area contributed by atoms with Crippen LogP contribution in [0.1, 0.15) is 23.6 Å². The lowest BCUT2D eigenvalue weighted by atomic mass is 10.1. The second-order valence-electron chi connectivity index (χ2n) is 6.24. The van der Waals surface area contributed by atoms with Crippen molar-refractivity contribution in [1.29, 1.82) is 0 Å². The molecule has 25 heavy (non-hydrogen) atoms. The van der Waals surface area contributed by atoms with Crippen molar-refractivity contribution in [2.75, 3.05) is 24.2 Å². The van der Waals surface area contributed by atoms with Crippen molar-refractivity contribution in [3.05, 3.63) is 59.2 Å². The first-order chi connectivity index (χ1) is 11.9. The molecule has 0 unspecified atom stereocenters. The number of nitrogens with one attached hydrogen (secondary N) is 2. The van der Waals surface area contributed by atoms with Crippen molar-refractivity contribution >= 4 is 23.2 Å². The predicted octanol–water partition coefficient (Wildman–Crippen LogP) is 3.33. The molecule has 0 aliphatic carbocycles. The van der Waals surface area contributed by atoms with E-state index in [2.05, 4.69) is 10.6 Å². The van der Waals surface area contributed by atoms with Gasteiger partial charge in [0.15, 0.2) is 0 Å². The second kappa shape index (κ2) is 8.33. The maximum absolute atomic E-state index is 12.4. The largest absolute Gasteiger partial charge is 0.376 e. The third kappa shape index (κ3) is 5.35. The summed E-state index contributed by atoms with van der Waals surface area (Å²) in [6, 6.07) is 13.6. The average molecular weight is 339 g/mol. The Hall–Kier alpha value is -2.82. The summed E-state index contributed by atoms with van der Waals surface area (Å²) in [5, 5.41) is 5.91. The summed E-state index contributed by atoms with van der Waals surface area (Å²) in [6.45, 7) is 6.26. The minimum absolute atomic E-state index is 0.00702. The molecule has 2 aromatic carbocycles. The Morgan fingerprint density at radius 1 is 1.04 bits per heavy atom. The molecule has 2 rings (SSSR count). The highest BCUT2D eigenvalue weighted by Gasteiger charge is 2.11. The molecular weight excluding hydrogens is 314 g/mol. The molecule has 0 saturated carbocycles. The number of hydrogen-bond acceptors (Lipinski definition) is 3. The number of amides is 2. The summed E-state index contributed by atoms with van der Waals surface area (Å²) >= 11 is 0. The van der Waals surface area contributed by atoms with Crippen LogP contribution in [0.3, 0.4) is 0 Å². The van der Waals surface area contributed by atoms with E-state index in [-0.39, 0.29) is 18.4 Å². The van der Waals surface area contributed by atoms with Gasteiger partial charge in [-0.2, -0.15) is 0 Å². The Balaban J connectivity index is 1.97. The first-order valence-electron chi connectivity index (χ1n) is 8.27. The second-order valence-corrected chi connectivity index (χ2v) is 6.24. The van der Waals surface area contributed by atoms with Crippen molar-refractivity contribution in [3.63, 3.8) is 0 Å². The molecule has 0 heterocycles. The molecule has 0 aliphatic rings. The molecule has 5 heteroatoms. The maximum Gasteiger partial charge on any atom is 0.241 e. The van der Waals surface area contributed by atoms with Crippen LogP contribution in [0, 0.1) is 13.8 Å². The van der Waals surface area contributed by atoms with Gasteiger partial charge in [-0.15, -0.1) is 0 Å². The molecule has 0 saturated heterocycles. The van der Waals surface area contributed by atoms with E-state index >= 15 is 0 Å². The molecule has 5 nitrogen and oxygen atoms in total. The Kier molecular flexibility index (Phi) is 6.17. The quantitative estimate of drug-likeness (QED) is 0.848.